The van der Waals surface area contributed by atoms with Crippen LogP contribution in [0.1, 0.15) is 42.5 Å². The monoisotopic (exact) mass is 314 g/mol. The predicted molar refractivity (Wildman–Crippen MR) is 89.7 cm³/mol. The zero-order chi connectivity index (χ0) is 16.3. The van der Waals surface area contributed by atoms with Gasteiger partial charge in [0, 0.05) is 30.6 Å². The highest BCUT2D eigenvalue weighted by molar-refractivity contribution is 6.06. The van der Waals surface area contributed by atoms with Gasteiger partial charge in [-0.2, -0.15) is 0 Å². The van der Waals surface area contributed by atoms with Gasteiger partial charge in [0.2, 0.25) is 0 Å². The molecule has 2 N–H and O–H groups in total. The number of ether oxygens (including phenoxy) is 1. The summed E-state index contributed by atoms with van der Waals surface area (Å²) < 4.78 is 5.70. The first-order valence-electron chi connectivity index (χ1n) is 8.09. The number of aromatic amines is 1. The van der Waals surface area contributed by atoms with Gasteiger partial charge in [0.25, 0.3) is 11.5 Å². The Balaban J connectivity index is 1.81. The minimum absolute atomic E-state index is 0.181. The third-order valence-electron chi connectivity index (χ3n) is 4.82. The van der Waals surface area contributed by atoms with E-state index in [-0.39, 0.29) is 17.1 Å². The number of benzene rings is 1. The van der Waals surface area contributed by atoms with Gasteiger partial charge >= 0.3 is 0 Å². The summed E-state index contributed by atoms with van der Waals surface area (Å²) >= 11 is 0. The molecule has 1 fully saturated rings. The Bertz CT molecular complexity index is 760. The maximum Gasteiger partial charge on any atom is 0.255 e. The predicted octanol–water partition coefficient (Wildman–Crippen LogP) is 2.61. The van der Waals surface area contributed by atoms with E-state index < -0.39 is 0 Å². The minimum Gasteiger partial charge on any atom is -0.376 e. The van der Waals surface area contributed by atoms with Crippen molar-refractivity contribution in [3.63, 3.8) is 0 Å². The first-order chi connectivity index (χ1) is 11.2. The summed E-state index contributed by atoms with van der Waals surface area (Å²) in [5.41, 5.74) is 0.0476. The Morgan fingerprint density at radius 2 is 1.91 bits per heavy atom. The second-order valence-corrected chi connectivity index (χ2v) is 6.21. The Morgan fingerprint density at radius 1 is 1.22 bits per heavy atom. The number of amides is 1. The van der Waals surface area contributed by atoms with E-state index in [0.717, 1.165) is 25.7 Å². The van der Waals surface area contributed by atoms with Crippen molar-refractivity contribution in [2.24, 2.45) is 0 Å². The molecule has 1 aliphatic rings. The number of fused-ring (bicyclic) bond motifs is 1. The van der Waals surface area contributed by atoms with Crippen molar-refractivity contribution in [3.05, 3.63) is 46.4 Å². The Labute approximate surface area is 135 Å². The topological polar surface area (TPSA) is 71.2 Å². The molecule has 1 aromatic carbocycles. The normalized spacial score (nSPS) is 17.1. The van der Waals surface area contributed by atoms with E-state index >= 15 is 0 Å². The van der Waals surface area contributed by atoms with Crippen molar-refractivity contribution in [1.29, 1.82) is 0 Å². The summed E-state index contributed by atoms with van der Waals surface area (Å²) in [6, 6.07) is 7.15. The second kappa shape index (κ2) is 6.54. The number of hydrogen-bond donors (Lipinski definition) is 2. The Morgan fingerprint density at radius 3 is 2.61 bits per heavy atom. The van der Waals surface area contributed by atoms with Crippen molar-refractivity contribution < 1.29 is 9.53 Å². The molecule has 1 aromatic heterocycles. The number of aromatic nitrogens is 1. The zero-order valence-corrected chi connectivity index (χ0v) is 13.4. The number of methoxy groups -OCH3 is 1. The number of H-pyrrole nitrogens is 1. The lowest BCUT2D eigenvalue weighted by Crippen LogP contribution is -2.45. The molecule has 0 spiro atoms. The standard InChI is InChI=1S/C18H22N2O3/c1-23-18(9-5-2-6-10-18)12-20-17(22)15-11-19-16(21)14-8-4-3-7-13(14)15/h3-4,7-8,11H,2,5-6,9-10,12H2,1H3,(H,19,21)(H,20,22). The summed E-state index contributed by atoms with van der Waals surface area (Å²) in [7, 11) is 1.72. The summed E-state index contributed by atoms with van der Waals surface area (Å²) in [6.07, 6.45) is 6.91. The molecule has 0 bridgehead atoms. The molecule has 122 valence electrons. The van der Waals surface area contributed by atoms with E-state index in [0.29, 0.717) is 22.9 Å². The Hall–Kier alpha value is -2.14. The summed E-state index contributed by atoms with van der Waals surface area (Å²) in [5, 5.41) is 4.18. The first-order valence-corrected chi connectivity index (χ1v) is 8.09. The molecule has 0 unspecified atom stereocenters. The van der Waals surface area contributed by atoms with Crippen LogP contribution in [0.15, 0.2) is 35.3 Å². The highest BCUT2D eigenvalue weighted by Crippen LogP contribution is 2.30. The van der Waals surface area contributed by atoms with Crippen LogP contribution in [0.2, 0.25) is 0 Å². The van der Waals surface area contributed by atoms with Gasteiger partial charge in [-0.1, -0.05) is 37.5 Å². The van der Waals surface area contributed by atoms with Crippen LogP contribution in [0, 0.1) is 0 Å². The molecule has 2 aromatic rings. The fourth-order valence-electron chi connectivity index (χ4n) is 3.38. The molecule has 0 atom stereocenters. The average Bonchev–Trinajstić information content (AvgIpc) is 2.61. The molecule has 1 aliphatic carbocycles. The summed E-state index contributed by atoms with van der Waals surface area (Å²) in [5.74, 6) is -0.181. The first kappa shape index (κ1) is 15.7. The van der Waals surface area contributed by atoms with E-state index in [9.17, 15) is 9.59 Å². The molecule has 0 radical (unpaired) electrons. The van der Waals surface area contributed by atoms with E-state index in [1.165, 1.54) is 12.6 Å². The number of pyridine rings is 1. The van der Waals surface area contributed by atoms with Crippen LogP contribution in [0.3, 0.4) is 0 Å². The molecule has 0 saturated heterocycles. The average molecular weight is 314 g/mol. The number of hydrogen-bond acceptors (Lipinski definition) is 3. The molecule has 23 heavy (non-hydrogen) atoms. The quantitative estimate of drug-likeness (QED) is 0.911. The molecule has 0 aliphatic heterocycles. The van der Waals surface area contributed by atoms with E-state index in [2.05, 4.69) is 10.3 Å². The van der Waals surface area contributed by atoms with Crippen LogP contribution in [0.25, 0.3) is 10.8 Å². The van der Waals surface area contributed by atoms with E-state index in [4.69, 9.17) is 4.74 Å². The van der Waals surface area contributed by atoms with Crippen LogP contribution >= 0.6 is 0 Å². The maximum atomic E-state index is 12.6. The lowest BCUT2D eigenvalue weighted by molar-refractivity contribution is -0.0363. The van der Waals surface area contributed by atoms with Crippen LogP contribution in [0.4, 0.5) is 0 Å². The molecule has 1 saturated carbocycles. The van der Waals surface area contributed by atoms with Crippen LogP contribution in [-0.4, -0.2) is 30.1 Å². The Kier molecular flexibility index (Phi) is 4.48. The van der Waals surface area contributed by atoms with Gasteiger partial charge in [0.1, 0.15) is 0 Å². The number of rotatable bonds is 4. The molecule has 1 heterocycles. The summed E-state index contributed by atoms with van der Waals surface area (Å²) in [4.78, 5) is 27.1. The van der Waals surface area contributed by atoms with Gasteiger partial charge in [-0.05, 0) is 18.9 Å². The molecule has 5 nitrogen and oxygen atoms in total. The van der Waals surface area contributed by atoms with Crippen molar-refractivity contribution in [2.75, 3.05) is 13.7 Å². The van der Waals surface area contributed by atoms with Crippen molar-refractivity contribution in [1.82, 2.24) is 10.3 Å². The van der Waals surface area contributed by atoms with Crippen LogP contribution in [0.5, 0.6) is 0 Å². The lowest BCUT2D eigenvalue weighted by atomic mass is 9.84. The fraction of sp³-hybridized carbons (Fsp3) is 0.444. The molecule has 1 amide bonds. The third-order valence-corrected chi connectivity index (χ3v) is 4.82. The van der Waals surface area contributed by atoms with Crippen molar-refractivity contribution in [2.45, 2.75) is 37.7 Å². The minimum atomic E-state index is -0.258. The van der Waals surface area contributed by atoms with Gasteiger partial charge in [-0.25, -0.2) is 0 Å². The van der Waals surface area contributed by atoms with Gasteiger partial charge in [-0.3, -0.25) is 9.59 Å². The molecular formula is C18H22N2O3. The van der Waals surface area contributed by atoms with Crippen LogP contribution in [-0.2, 0) is 4.74 Å². The smallest absolute Gasteiger partial charge is 0.255 e. The number of carbonyl (C=O) groups is 1. The summed E-state index contributed by atoms with van der Waals surface area (Å²) in [6.45, 7) is 0.496. The SMILES string of the molecule is COC1(CNC(=O)c2c[nH]c(=O)c3ccccc23)CCCCC1. The molecule has 3 rings (SSSR count). The number of nitrogens with one attached hydrogen (secondary N) is 2. The highest BCUT2D eigenvalue weighted by atomic mass is 16.5. The molecular weight excluding hydrogens is 292 g/mol. The van der Waals surface area contributed by atoms with E-state index in [1.54, 1.807) is 25.3 Å². The van der Waals surface area contributed by atoms with Gasteiger partial charge in [0.15, 0.2) is 0 Å². The highest BCUT2D eigenvalue weighted by Gasteiger charge is 2.32. The van der Waals surface area contributed by atoms with Gasteiger partial charge < -0.3 is 15.0 Å². The van der Waals surface area contributed by atoms with Crippen LogP contribution < -0.4 is 10.9 Å². The zero-order valence-electron chi connectivity index (χ0n) is 13.4. The number of carbonyl (C=O) groups excluding carboxylic acids is 1. The second-order valence-electron chi connectivity index (χ2n) is 6.21. The van der Waals surface area contributed by atoms with Crippen molar-refractivity contribution in [3.8, 4) is 0 Å². The molecule has 5 heteroatoms. The van der Waals surface area contributed by atoms with E-state index in [1.807, 2.05) is 6.07 Å². The largest absolute Gasteiger partial charge is 0.376 e. The van der Waals surface area contributed by atoms with Gasteiger partial charge in [-0.15, -0.1) is 0 Å². The van der Waals surface area contributed by atoms with Crippen molar-refractivity contribution >= 4 is 16.7 Å². The maximum absolute atomic E-state index is 12.6. The third kappa shape index (κ3) is 3.15. The fourth-order valence-corrected chi connectivity index (χ4v) is 3.38. The van der Waals surface area contributed by atoms with Gasteiger partial charge in [0.05, 0.1) is 11.2 Å². The lowest BCUT2D eigenvalue weighted by Gasteiger charge is -2.36.